The van der Waals surface area contributed by atoms with Crippen molar-refractivity contribution >= 4 is 0 Å². The van der Waals surface area contributed by atoms with E-state index in [0.717, 1.165) is 12.3 Å². The van der Waals surface area contributed by atoms with E-state index in [1.54, 1.807) is 6.07 Å². The highest BCUT2D eigenvalue weighted by Gasteiger charge is 2.14. The van der Waals surface area contributed by atoms with Gasteiger partial charge >= 0.3 is 0 Å². The lowest BCUT2D eigenvalue weighted by Gasteiger charge is -2.21. The van der Waals surface area contributed by atoms with Gasteiger partial charge in [0.15, 0.2) is 0 Å². The van der Waals surface area contributed by atoms with E-state index in [-0.39, 0.29) is 0 Å². The number of aromatic hydroxyl groups is 1. The predicted octanol–water partition coefficient (Wildman–Crippen LogP) is 2.52. The highest BCUT2D eigenvalue weighted by molar-refractivity contribution is 5.36. The summed E-state index contributed by atoms with van der Waals surface area (Å²) in [6.07, 6.45) is 3.60. The van der Waals surface area contributed by atoms with E-state index in [4.69, 9.17) is 0 Å². The number of phenolic OH excluding ortho intramolecular Hbond substituents is 1. The number of fused-ring (bicyclic) bond motifs is 1. The Morgan fingerprint density at radius 3 is 3.00 bits per heavy atom. The van der Waals surface area contributed by atoms with Crippen molar-refractivity contribution in [3.05, 3.63) is 29.3 Å². The molecule has 0 heterocycles. The number of phenols is 1. The second-order valence-corrected chi connectivity index (χ2v) is 3.80. The fourth-order valence-corrected chi connectivity index (χ4v) is 1.93. The van der Waals surface area contributed by atoms with Crippen molar-refractivity contribution in [3.63, 3.8) is 0 Å². The molecule has 1 nitrogen and oxygen atoms in total. The van der Waals surface area contributed by atoms with Crippen LogP contribution in [0.4, 0.5) is 0 Å². The summed E-state index contributed by atoms with van der Waals surface area (Å²) < 4.78 is 0. The number of hydrogen-bond acceptors (Lipinski definition) is 1. The molecule has 1 aliphatic carbocycles. The Labute approximate surface area is 73.0 Å². The first-order valence-corrected chi connectivity index (χ1v) is 4.56. The SMILES string of the molecule is C[C@@H]1CCc2ccc(O)cc2C1. The highest BCUT2D eigenvalue weighted by atomic mass is 16.3. The van der Waals surface area contributed by atoms with E-state index in [1.165, 1.54) is 24.0 Å². The van der Waals surface area contributed by atoms with Crippen LogP contribution in [-0.4, -0.2) is 5.11 Å². The minimum Gasteiger partial charge on any atom is -0.508 e. The number of rotatable bonds is 0. The van der Waals surface area contributed by atoms with Gasteiger partial charge in [0, 0.05) is 0 Å². The number of hydrogen-bond donors (Lipinski definition) is 1. The third kappa shape index (κ3) is 1.31. The molecule has 64 valence electrons. The molecule has 1 aliphatic rings. The van der Waals surface area contributed by atoms with Gasteiger partial charge in [-0.2, -0.15) is 0 Å². The lowest BCUT2D eigenvalue weighted by atomic mass is 9.85. The molecule has 0 aliphatic heterocycles. The monoisotopic (exact) mass is 162 g/mol. The molecule has 0 unspecified atom stereocenters. The van der Waals surface area contributed by atoms with E-state index in [2.05, 4.69) is 13.0 Å². The van der Waals surface area contributed by atoms with Gasteiger partial charge in [-0.25, -0.2) is 0 Å². The second kappa shape index (κ2) is 2.81. The molecule has 0 bridgehead atoms. The van der Waals surface area contributed by atoms with Crippen LogP contribution in [0, 0.1) is 5.92 Å². The molecule has 1 heteroatoms. The van der Waals surface area contributed by atoms with Crippen LogP contribution >= 0.6 is 0 Å². The van der Waals surface area contributed by atoms with Gasteiger partial charge in [0.05, 0.1) is 0 Å². The largest absolute Gasteiger partial charge is 0.508 e. The molecule has 0 radical (unpaired) electrons. The maximum Gasteiger partial charge on any atom is 0.115 e. The summed E-state index contributed by atoms with van der Waals surface area (Å²) in [4.78, 5) is 0. The lowest BCUT2D eigenvalue weighted by Crippen LogP contribution is -2.10. The summed E-state index contributed by atoms with van der Waals surface area (Å²) in [6, 6.07) is 5.75. The van der Waals surface area contributed by atoms with Crippen molar-refractivity contribution in [2.24, 2.45) is 5.92 Å². The minimum atomic E-state index is 0.405. The summed E-state index contributed by atoms with van der Waals surface area (Å²) in [5.74, 6) is 1.18. The van der Waals surface area contributed by atoms with Gasteiger partial charge in [-0.3, -0.25) is 0 Å². The van der Waals surface area contributed by atoms with Gasteiger partial charge in [-0.05, 0) is 48.4 Å². The molecule has 1 N–H and O–H groups in total. The molecule has 0 fully saturated rings. The molecule has 0 amide bonds. The molecule has 1 atom stereocenters. The fourth-order valence-electron chi connectivity index (χ4n) is 1.93. The van der Waals surface area contributed by atoms with Gasteiger partial charge in [0.25, 0.3) is 0 Å². The van der Waals surface area contributed by atoms with Crippen molar-refractivity contribution in [1.82, 2.24) is 0 Å². The van der Waals surface area contributed by atoms with Gasteiger partial charge in [-0.1, -0.05) is 13.0 Å². The van der Waals surface area contributed by atoms with Crippen LogP contribution in [0.15, 0.2) is 18.2 Å². The topological polar surface area (TPSA) is 20.2 Å². The van der Waals surface area contributed by atoms with Crippen molar-refractivity contribution in [3.8, 4) is 5.75 Å². The fraction of sp³-hybridized carbons (Fsp3) is 0.455. The number of benzene rings is 1. The van der Waals surface area contributed by atoms with Crippen LogP contribution in [0.1, 0.15) is 24.5 Å². The zero-order chi connectivity index (χ0) is 8.55. The van der Waals surface area contributed by atoms with Gasteiger partial charge in [-0.15, -0.1) is 0 Å². The molecular weight excluding hydrogens is 148 g/mol. The maximum absolute atomic E-state index is 9.27. The Hall–Kier alpha value is -0.980. The highest BCUT2D eigenvalue weighted by Crippen LogP contribution is 2.27. The van der Waals surface area contributed by atoms with Gasteiger partial charge < -0.3 is 5.11 Å². The van der Waals surface area contributed by atoms with Crippen molar-refractivity contribution in [2.75, 3.05) is 0 Å². The molecule has 0 aromatic heterocycles. The van der Waals surface area contributed by atoms with E-state index in [0.29, 0.717) is 5.75 Å². The average Bonchev–Trinajstić information content (AvgIpc) is 2.03. The first-order chi connectivity index (χ1) is 5.75. The predicted molar refractivity (Wildman–Crippen MR) is 49.3 cm³/mol. The zero-order valence-electron chi connectivity index (χ0n) is 7.38. The van der Waals surface area contributed by atoms with Crippen molar-refractivity contribution in [2.45, 2.75) is 26.2 Å². The molecule has 12 heavy (non-hydrogen) atoms. The van der Waals surface area contributed by atoms with Crippen LogP contribution in [0.25, 0.3) is 0 Å². The Morgan fingerprint density at radius 1 is 1.33 bits per heavy atom. The lowest BCUT2D eigenvalue weighted by molar-refractivity contribution is 0.466. The molecule has 0 spiro atoms. The number of aryl methyl sites for hydroxylation is 1. The third-order valence-corrected chi connectivity index (χ3v) is 2.66. The maximum atomic E-state index is 9.27. The molecule has 1 aromatic rings. The average molecular weight is 162 g/mol. The molecule has 2 rings (SSSR count). The van der Waals surface area contributed by atoms with Gasteiger partial charge in [0.1, 0.15) is 5.75 Å². The molecular formula is C11H14O. The van der Waals surface area contributed by atoms with E-state index < -0.39 is 0 Å². The standard InChI is InChI=1S/C11H14O/c1-8-2-3-9-4-5-11(12)7-10(9)6-8/h4-5,7-8,12H,2-3,6H2,1H3/t8-/m1/s1. The Bertz CT molecular complexity index is 291. The quantitative estimate of drug-likeness (QED) is 0.621. The van der Waals surface area contributed by atoms with E-state index in [9.17, 15) is 5.11 Å². The van der Waals surface area contributed by atoms with Gasteiger partial charge in [0.2, 0.25) is 0 Å². The first-order valence-electron chi connectivity index (χ1n) is 4.56. The van der Waals surface area contributed by atoms with E-state index >= 15 is 0 Å². The zero-order valence-corrected chi connectivity index (χ0v) is 7.38. The summed E-state index contributed by atoms with van der Waals surface area (Å²) in [5.41, 5.74) is 2.76. The minimum absolute atomic E-state index is 0.405. The summed E-state index contributed by atoms with van der Waals surface area (Å²) >= 11 is 0. The Balaban J connectivity index is 2.37. The molecule has 1 aromatic carbocycles. The second-order valence-electron chi connectivity index (χ2n) is 3.80. The molecule has 0 saturated carbocycles. The van der Waals surface area contributed by atoms with Crippen molar-refractivity contribution < 1.29 is 5.11 Å². The summed E-state index contributed by atoms with van der Waals surface area (Å²) in [6.45, 7) is 2.27. The molecule has 0 saturated heterocycles. The van der Waals surface area contributed by atoms with Crippen LogP contribution in [0.5, 0.6) is 5.75 Å². The van der Waals surface area contributed by atoms with Crippen LogP contribution in [-0.2, 0) is 12.8 Å². The van der Waals surface area contributed by atoms with Crippen LogP contribution in [0.3, 0.4) is 0 Å². The van der Waals surface area contributed by atoms with E-state index in [1.807, 2.05) is 6.07 Å². The third-order valence-electron chi connectivity index (χ3n) is 2.66. The first kappa shape index (κ1) is 7.66. The summed E-state index contributed by atoms with van der Waals surface area (Å²) in [5, 5.41) is 9.27. The smallest absolute Gasteiger partial charge is 0.115 e. The summed E-state index contributed by atoms with van der Waals surface area (Å²) in [7, 11) is 0. The van der Waals surface area contributed by atoms with Crippen LogP contribution < -0.4 is 0 Å². The normalized spacial score (nSPS) is 21.9. The Morgan fingerprint density at radius 2 is 2.17 bits per heavy atom. The van der Waals surface area contributed by atoms with Crippen LogP contribution in [0.2, 0.25) is 0 Å². The van der Waals surface area contributed by atoms with Crippen molar-refractivity contribution in [1.29, 1.82) is 0 Å². The Kier molecular flexibility index (Phi) is 1.80.